The number of hydrogen-bond acceptors (Lipinski definition) is 4. The van der Waals surface area contributed by atoms with Crippen LogP contribution in [0.4, 0.5) is 0 Å². The van der Waals surface area contributed by atoms with Crippen molar-refractivity contribution in [2.24, 2.45) is 10.9 Å². The first kappa shape index (κ1) is 12.9. The highest BCUT2D eigenvalue weighted by Gasteiger charge is 2.21. The van der Waals surface area contributed by atoms with E-state index < -0.39 is 0 Å². The van der Waals surface area contributed by atoms with Crippen LogP contribution in [-0.2, 0) is 11.3 Å². The predicted molar refractivity (Wildman–Crippen MR) is 69.6 cm³/mol. The molecule has 0 spiro atoms. The summed E-state index contributed by atoms with van der Waals surface area (Å²) in [7, 11) is 1.76. The Morgan fingerprint density at radius 3 is 2.78 bits per heavy atom. The summed E-state index contributed by atoms with van der Waals surface area (Å²) in [6, 6.07) is 7.75. The summed E-state index contributed by atoms with van der Waals surface area (Å²) in [5.41, 5.74) is 7.47. The molecule has 1 unspecified atom stereocenters. The van der Waals surface area contributed by atoms with E-state index >= 15 is 0 Å². The van der Waals surface area contributed by atoms with Crippen LogP contribution in [0, 0.1) is 0 Å². The van der Waals surface area contributed by atoms with Gasteiger partial charge in [-0.05, 0) is 12.0 Å². The molecule has 0 radical (unpaired) electrons. The summed E-state index contributed by atoms with van der Waals surface area (Å²) < 4.78 is 5.34. The molecular weight excluding hydrogens is 230 g/mol. The number of likely N-dealkylation sites (tertiary alicyclic amines) is 1. The van der Waals surface area contributed by atoms with E-state index in [0.717, 1.165) is 31.6 Å². The lowest BCUT2D eigenvalue weighted by atomic mass is 10.1. The Kier molecular flexibility index (Phi) is 4.17. The summed E-state index contributed by atoms with van der Waals surface area (Å²) in [4.78, 5) is 2.37. The van der Waals surface area contributed by atoms with Crippen molar-refractivity contribution in [3.63, 3.8) is 0 Å². The molecular formula is C13H19N3O2. The van der Waals surface area contributed by atoms with Gasteiger partial charge in [-0.2, -0.15) is 0 Å². The summed E-state index contributed by atoms with van der Waals surface area (Å²) in [5.74, 6) is 0.141. The molecule has 1 aliphatic heterocycles. The van der Waals surface area contributed by atoms with Gasteiger partial charge in [0.15, 0.2) is 5.84 Å². The largest absolute Gasteiger partial charge is 0.409 e. The number of amidine groups is 1. The van der Waals surface area contributed by atoms with Crippen LogP contribution in [-0.4, -0.2) is 42.2 Å². The molecule has 1 aromatic rings. The fourth-order valence-electron chi connectivity index (χ4n) is 2.23. The third-order valence-electron chi connectivity index (χ3n) is 3.33. The minimum absolute atomic E-state index is 0.141. The number of hydrogen-bond donors (Lipinski definition) is 2. The first-order valence-corrected chi connectivity index (χ1v) is 6.05. The smallest absolute Gasteiger partial charge is 0.170 e. The molecule has 1 atom stereocenters. The fraction of sp³-hybridized carbons (Fsp3) is 0.462. The molecule has 0 aliphatic carbocycles. The summed E-state index contributed by atoms with van der Waals surface area (Å²) in [6.45, 7) is 2.97. The molecule has 0 bridgehead atoms. The molecule has 2 rings (SSSR count). The maximum atomic E-state index is 8.58. The van der Waals surface area contributed by atoms with Gasteiger partial charge in [0.2, 0.25) is 0 Å². The second kappa shape index (κ2) is 5.84. The van der Waals surface area contributed by atoms with E-state index in [0.29, 0.717) is 6.10 Å². The van der Waals surface area contributed by atoms with E-state index in [1.165, 1.54) is 5.56 Å². The van der Waals surface area contributed by atoms with Crippen LogP contribution < -0.4 is 5.73 Å². The minimum Gasteiger partial charge on any atom is -0.409 e. The predicted octanol–water partition coefficient (Wildman–Crippen LogP) is 1.00. The Hall–Kier alpha value is -1.59. The summed E-state index contributed by atoms with van der Waals surface area (Å²) in [5, 5.41) is 11.6. The quantitative estimate of drug-likeness (QED) is 0.361. The fourth-order valence-corrected chi connectivity index (χ4v) is 2.23. The van der Waals surface area contributed by atoms with E-state index in [1.807, 2.05) is 24.3 Å². The number of methoxy groups -OCH3 is 1. The second-order valence-electron chi connectivity index (χ2n) is 4.56. The maximum Gasteiger partial charge on any atom is 0.170 e. The molecule has 3 N–H and O–H groups in total. The Morgan fingerprint density at radius 2 is 2.22 bits per heavy atom. The van der Waals surface area contributed by atoms with Gasteiger partial charge in [-0.15, -0.1) is 0 Å². The molecule has 1 fully saturated rings. The molecule has 0 aromatic heterocycles. The molecule has 98 valence electrons. The highest BCUT2D eigenvalue weighted by molar-refractivity contribution is 5.96. The van der Waals surface area contributed by atoms with Crippen molar-refractivity contribution in [1.29, 1.82) is 0 Å². The molecule has 1 saturated heterocycles. The van der Waals surface area contributed by atoms with Gasteiger partial charge in [-0.3, -0.25) is 4.90 Å². The molecule has 5 heteroatoms. The van der Waals surface area contributed by atoms with E-state index in [2.05, 4.69) is 10.1 Å². The van der Waals surface area contributed by atoms with Crippen molar-refractivity contribution in [1.82, 2.24) is 4.90 Å². The van der Waals surface area contributed by atoms with Gasteiger partial charge in [0.25, 0.3) is 0 Å². The molecule has 1 aliphatic rings. The van der Waals surface area contributed by atoms with E-state index in [-0.39, 0.29) is 5.84 Å². The van der Waals surface area contributed by atoms with Gasteiger partial charge >= 0.3 is 0 Å². The van der Waals surface area contributed by atoms with Crippen molar-refractivity contribution in [2.45, 2.75) is 19.1 Å². The second-order valence-corrected chi connectivity index (χ2v) is 4.56. The van der Waals surface area contributed by atoms with Crippen LogP contribution in [0.5, 0.6) is 0 Å². The third kappa shape index (κ3) is 3.00. The van der Waals surface area contributed by atoms with Crippen LogP contribution in [0.3, 0.4) is 0 Å². The number of oxime groups is 1. The SMILES string of the molecule is COC1CCN(Cc2ccc(/C(N)=N/O)cc2)C1. The van der Waals surface area contributed by atoms with Crippen molar-refractivity contribution < 1.29 is 9.94 Å². The highest BCUT2D eigenvalue weighted by Crippen LogP contribution is 2.15. The number of nitrogens with zero attached hydrogens (tertiary/aromatic N) is 2. The molecule has 0 amide bonds. The van der Waals surface area contributed by atoms with Gasteiger partial charge in [0.05, 0.1) is 6.10 Å². The van der Waals surface area contributed by atoms with E-state index in [4.69, 9.17) is 15.7 Å². The van der Waals surface area contributed by atoms with E-state index in [1.54, 1.807) is 7.11 Å². The van der Waals surface area contributed by atoms with Crippen molar-refractivity contribution in [3.8, 4) is 0 Å². The maximum absolute atomic E-state index is 8.58. The third-order valence-corrected chi connectivity index (χ3v) is 3.33. The zero-order chi connectivity index (χ0) is 13.0. The summed E-state index contributed by atoms with van der Waals surface area (Å²) in [6.07, 6.45) is 1.46. The normalized spacial score (nSPS) is 21.4. The van der Waals surface area contributed by atoms with Crippen LogP contribution in [0.15, 0.2) is 29.4 Å². The lowest BCUT2D eigenvalue weighted by molar-refractivity contribution is 0.107. The van der Waals surface area contributed by atoms with Gasteiger partial charge in [-0.25, -0.2) is 0 Å². The Bertz CT molecular complexity index is 417. The Morgan fingerprint density at radius 1 is 1.50 bits per heavy atom. The zero-order valence-corrected chi connectivity index (χ0v) is 10.5. The standard InChI is InChI=1S/C13H19N3O2/c1-18-12-6-7-16(9-12)8-10-2-4-11(5-3-10)13(14)15-17/h2-5,12,17H,6-9H2,1H3,(H2,14,15). The van der Waals surface area contributed by atoms with Crippen LogP contribution in [0.2, 0.25) is 0 Å². The topological polar surface area (TPSA) is 71.1 Å². The van der Waals surface area contributed by atoms with Crippen molar-refractivity contribution in [2.75, 3.05) is 20.2 Å². The molecule has 18 heavy (non-hydrogen) atoms. The first-order chi connectivity index (χ1) is 8.72. The lowest BCUT2D eigenvalue weighted by Crippen LogP contribution is -2.22. The van der Waals surface area contributed by atoms with E-state index in [9.17, 15) is 0 Å². The average molecular weight is 249 g/mol. The molecule has 0 saturated carbocycles. The lowest BCUT2D eigenvalue weighted by Gasteiger charge is -2.15. The van der Waals surface area contributed by atoms with Crippen molar-refractivity contribution in [3.05, 3.63) is 35.4 Å². The minimum atomic E-state index is 0.141. The average Bonchev–Trinajstić information content (AvgIpc) is 2.86. The van der Waals surface area contributed by atoms with Gasteiger partial charge < -0.3 is 15.7 Å². The highest BCUT2D eigenvalue weighted by atomic mass is 16.5. The van der Waals surface area contributed by atoms with Crippen LogP contribution in [0.1, 0.15) is 17.5 Å². The Labute approximate surface area is 107 Å². The number of ether oxygens (including phenoxy) is 1. The molecule has 1 heterocycles. The Balaban J connectivity index is 1.95. The van der Waals surface area contributed by atoms with Crippen LogP contribution in [0.25, 0.3) is 0 Å². The van der Waals surface area contributed by atoms with Crippen molar-refractivity contribution >= 4 is 5.84 Å². The number of rotatable bonds is 4. The van der Waals surface area contributed by atoms with Crippen LogP contribution >= 0.6 is 0 Å². The van der Waals surface area contributed by atoms with Gasteiger partial charge in [0, 0.05) is 32.3 Å². The monoisotopic (exact) mass is 249 g/mol. The zero-order valence-electron chi connectivity index (χ0n) is 10.5. The summed E-state index contributed by atoms with van der Waals surface area (Å²) >= 11 is 0. The van der Waals surface area contributed by atoms with Gasteiger partial charge in [-0.1, -0.05) is 29.4 Å². The number of benzene rings is 1. The molecule has 1 aromatic carbocycles. The molecule has 5 nitrogen and oxygen atoms in total. The van der Waals surface area contributed by atoms with Gasteiger partial charge in [0.1, 0.15) is 0 Å². The number of nitrogens with two attached hydrogens (primary N) is 1. The first-order valence-electron chi connectivity index (χ1n) is 6.05.